The third-order valence-corrected chi connectivity index (χ3v) is 6.17. The molecule has 0 bridgehead atoms. The lowest BCUT2D eigenvalue weighted by molar-refractivity contribution is -0.120. The maximum Gasteiger partial charge on any atom is 0.221 e. The summed E-state index contributed by atoms with van der Waals surface area (Å²) in [6.07, 6.45) is -0.106. The first kappa shape index (κ1) is 22.2. The predicted molar refractivity (Wildman–Crippen MR) is 112 cm³/mol. The molecule has 2 rings (SSSR count). The zero-order valence-corrected chi connectivity index (χ0v) is 17.9. The van der Waals surface area contributed by atoms with Crippen molar-refractivity contribution >= 4 is 27.3 Å². The van der Waals surface area contributed by atoms with Crippen molar-refractivity contribution in [3.8, 4) is 5.75 Å². The highest BCUT2D eigenvalue weighted by Crippen LogP contribution is 2.24. The number of nitrogens with one attached hydrogen (secondary N) is 1. The maximum atomic E-state index is 12.2. The maximum absolute atomic E-state index is 12.2. The summed E-state index contributed by atoms with van der Waals surface area (Å²) in [5.74, 6) is 0.145. The Morgan fingerprint density at radius 1 is 1.04 bits per heavy atom. The lowest BCUT2D eigenvalue weighted by Crippen LogP contribution is -2.29. The summed E-state index contributed by atoms with van der Waals surface area (Å²) < 4.78 is 30.0. The van der Waals surface area contributed by atoms with Gasteiger partial charge >= 0.3 is 0 Å². The van der Waals surface area contributed by atoms with Crippen molar-refractivity contribution in [2.24, 2.45) is 0 Å². The number of hydrogen-bond acceptors (Lipinski definition) is 4. The number of carbonyl (C=O) groups is 1. The summed E-state index contributed by atoms with van der Waals surface area (Å²) in [6.45, 7) is 7.05. The van der Waals surface area contributed by atoms with Crippen LogP contribution in [-0.4, -0.2) is 33.2 Å². The Hall–Kier alpha value is -2.05. The number of rotatable bonds is 8. The molecule has 2 aromatic carbocycles. The molecule has 0 fully saturated rings. The van der Waals surface area contributed by atoms with Crippen LogP contribution < -0.4 is 10.1 Å². The van der Waals surface area contributed by atoms with E-state index in [2.05, 4.69) is 26.1 Å². The molecule has 0 spiro atoms. The molecule has 0 aliphatic heterocycles. The third-order valence-electron chi connectivity index (χ3n) is 4.18. The summed E-state index contributed by atoms with van der Waals surface area (Å²) in [6, 6.07) is 13.8. The molecule has 0 aliphatic carbocycles. The van der Waals surface area contributed by atoms with E-state index in [4.69, 9.17) is 16.3 Å². The zero-order valence-electron chi connectivity index (χ0n) is 16.4. The van der Waals surface area contributed by atoms with Gasteiger partial charge in [-0.2, -0.15) is 0 Å². The molecule has 0 heterocycles. The highest BCUT2D eigenvalue weighted by molar-refractivity contribution is 7.91. The van der Waals surface area contributed by atoms with Crippen LogP contribution >= 0.6 is 11.6 Å². The fraction of sp³-hybridized carbons (Fsp3) is 0.381. The van der Waals surface area contributed by atoms with E-state index < -0.39 is 9.84 Å². The standard InChI is InChI=1S/C21H26ClNO4S/c1-21(2,3)16-4-8-18(9-5-16)27-14-13-23-20(24)12-15-28(25,26)19-10-6-17(22)7-11-19/h4-11H,12-15H2,1-3H3,(H,23,24). The summed E-state index contributed by atoms with van der Waals surface area (Å²) in [5, 5.41) is 3.13. The Morgan fingerprint density at radius 2 is 1.64 bits per heavy atom. The average molecular weight is 424 g/mol. The molecule has 152 valence electrons. The van der Waals surface area contributed by atoms with Crippen LogP contribution in [0.25, 0.3) is 0 Å². The first-order valence-electron chi connectivity index (χ1n) is 9.06. The zero-order chi connectivity index (χ0) is 20.8. The molecule has 0 unspecified atom stereocenters. The molecule has 1 N–H and O–H groups in total. The summed E-state index contributed by atoms with van der Waals surface area (Å²) in [5.41, 5.74) is 1.30. The van der Waals surface area contributed by atoms with Gasteiger partial charge in [-0.1, -0.05) is 44.5 Å². The molecule has 0 saturated heterocycles. The Labute approximate surface area is 172 Å². The Morgan fingerprint density at radius 3 is 2.21 bits per heavy atom. The number of halogens is 1. The molecule has 1 amide bonds. The molecular weight excluding hydrogens is 398 g/mol. The van der Waals surface area contributed by atoms with Crippen LogP contribution in [0.1, 0.15) is 32.8 Å². The van der Waals surface area contributed by atoms with Crippen molar-refractivity contribution in [1.82, 2.24) is 5.32 Å². The van der Waals surface area contributed by atoms with E-state index >= 15 is 0 Å². The van der Waals surface area contributed by atoms with Gasteiger partial charge < -0.3 is 10.1 Å². The minimum Gasteiger partial charge on any atom is -0.492 e. The number of carbonyl (C=O) groups excluding carboxylic acids is 1. The van der Waals surface area contributed by atoms with Gasteiger partial charge in [0.15, 0.2) is 9.84 Å². The highest BCUT2D eigenvalue weighted by Gasteiger charge is 2.16. The summed E-state index contributed by atoms with van der Waals surface area (Å²) in [4.78, 5) is 12.0. The second-order valence-electron chi connectivity index (χ2n) is 7.50. The number of benzene rings is 2. The van der Waals surface area contributed by atoms with Crippen LogP contribution in [0.15, 0.2) is 53.4 Å². The molecule has 0 saturated carbocycles. The van der Waals surface area contributed by atoms with Crippen LogP contribution in [0, 0.1) is 0 Å². The van der Waals surface area contributed by atoms with Gasteiger partial charge in [-0.25, -0.2) is 8.42 Å². The third kappa shape index (κ3) is 6.84. The van der Waals surface area contributed by atoms with Crippen molar-refractivity contribution in [3.63, 3.8) is 0 Å². The topological polar surface area (TPSA) is 72.5 Å². The second-order valence-corrected chi connectivity index (χ2v) is 10.0. The smallest absolute Gasteiger partial charge is 0.221 e. The largest absolute Gasteiger partial charge is 0.492 e. The minimum absolute atomic E-state index is 0.0822. The van der Waals surface area contributed by atoms with Crippen molar-refractivity contribution in [3.05, 3.63) is 59.1 Å². The summed E-state index contributed by atoms with van der Waals surface area (Å²) in [7, 11) is -3.51. The van der Waals surface area contributed by atoms with E-state index in [1.165, 1.54) is 29.8 Å². The van der Waals surface area contributed by atoms with E-state index in [0.29, 0.717) is 18.2 Å². The monoisotopic (exact) mass is 423 g/mol. The summed E-state index contributed by atoms with van der Waals surface area (Å²) >= 11 is 5.76. The first-order valence-corrected chi connectivity index (χ1v) is 11.1. The molecule has 0 atom stereocenters. The van der Waals surface area contributed by atoms with Crippen molar-refractivity contribution in [2.45, 2.75) is 37.5 Å². The van der Waals surface area contributed by atoms with Crippen molar-refractivity contribution in [1.29, 1.82) is 0 Å². The van der Waals surface area contributed by atoms with Crippen molar-refractivity contribution < 1.29 is 17.9 Å². The lowest BCUT2D eigenvalue weighted by atomic mass is 9.87. The van der Waals surface area contributed by atoms with E-state index in [1.807, 2.05) is 24.3 Å². The molecular formula is C21H26ClNO4S. The van der Waals surface area contributed by atoms with Gasteiger partial charge in [-0.05, 0) is 47.4 Å². The number of ether oxygens (including phenoxy) is 1. The number of hydrogen-bond donors (Lipinski definition) is 1. The van der Waals surface area contributed by atoms with Gasteiger partial charge in [-0.15, -0.1) is 0 Å². The van der Waals surface area contributed by atoms with Gasteiger partial charge in [0.1, 0.15) is 12.4 Å². The Kier molecular flexibility index (Phi) is 7.49. The molecule has 7 heteroatoms. The number of amides is 1. The quantitative estimate of drug-likeness (QED) is 0.651. The van der Waals surface area contributed by atoms with Gasteiger partial charge in [0, 0.05) is 11.4 Å². The lowest BCUT2D eigenvalue weighted by Gasteiger charge is -2.19. The van der Waals surface area contributed by atoms with Gasteiger partial charge in [0.05, 0.1) is 17.2 Å². The van der Waals surface area contributed by atoms with Crippen LogP contribution in [0.5, 0.6) is 5.75 Å². The predicted octanol–water partition coefficient (Wildman–Crippen LogP) is 4.00. The van der Waals surface area contributed by atoms with Crippen LogP contribution in [0.3, 0.4) is 0 Å². The molecule has 5 nitrogen and oxygen atoms in total. The van der Waals surface area contributed by atoms with E-state index in [9.17, 15) is 13.2 Å². The van der Waals surface area contributed by atoms with Crippen LogP contribution in [0.4, 0.5) is 0 Å². The van der Waals surface area contributed by atoms with Crippen LogP contribution in [-0.2, 0) is 20.0 Å². The van der Waals surface area contributed by atoms with E-state index in [1.54, 1.807) is 0 Å². The second kappa shape index (κ2) is 9.43. The van der Waals surface area contributed by atoms with E-state index in [-0.39, 0.29) is 28.4 Å². The Balaban J connectivity index is 1.72. The van der Waals surface area contributed by atoms with Crippen molar-refractivity contribution in [2.75, 3.05) is 18.9 Å². The highest BCUT2D eigenvalue weighted by atomic mass is 35.5. The van der Waals surface area contributed by atoms with Gasteiger partial charge in [-0.3, -0.25) is 4.79 Å². The molecule has 0 aromatic heterocycles. The van der Waals surface area contributed by atoms with E-state index in [0.717, 1.165) is 5.75 Å². The van der Waals surface area contributed by atoms with Crippen LogP contribution in [0.2, 0.25) is 5.02 Å². The average Bonchev–Trinajstić information content (AvgIpc) is 2.64. The fourth-order valence-electron chi connectivity index (χ4n) is 2.49. The molecule has 2 aromatic rings. The molecule has 0 aliphatic rings. The van der Waals surface area contributed by atoms with Gasteiger partial charge in [0.25, 0.3) is 0 Å². The van der Waals surface area contributed by atoms with Gasteiger partial charge in [0.2, 0.25) is 5.91 Å². The first-order chi connectivity index (χ1) is 13.1. The number of sulfone groups is 1. The SMILES string of the molecule is CC(C)(C)c1ccc(OCCNC(=O)CCS(=O)(=O)c2ccc(Cl)cc2)cc1. The minimum atomic E-state index is -3.51. The molecule has 0 radical (unpaired) electrons. The Bertz CT molecular complexity index is 885. The fourth-order valence-corrected chi connectivity index (χ4v) is 3.85. The molecule has 28 heavy (non-hydrogen) atoms. The normalized spacial score (nSPS) is 11.9.